The zero-order valence-corrected chi connectivity index (χ0v) is 19.6. The molecular formula is C25H29N3O3S. The van der Waals surface area contributed by atoms with Crippen molar-refractivity contribution in [1.29, 1.82) is 0 Å². The van der Waals surface area contributed by atoms with Gasteiger partial charge in [-0.2, -0.15) is 0 Å². The standard InChI is InChI=1S/C25H29N3O3S/c1-4-31-15-9-14-27-24(30)20-11-6-7-12-21(20)26-25(27)32-18(3)23(29)28-17(2)16-19-10-5-8-13-22(19)28/h5-8,10-13,17-18H,4,9,14-16H2,1-3H3. The number of aromatic nitrogens is 2. The van der Waals surface area contributed by atoms with Crippen LogP contribution in [0, 0.1) is 0 Å². The molecule has 7 heteroatoms. The largest absolute Gasteiger partial charge is 0.382 e. The molecule has 0 fully saturated rings. The maximum absolute atomic E-state index is 13.5. The van der Waals surface area contributed by atoms with Crippen LogP contribution < -0.4 is 10.5 Å². The second-order valence-corrected chi connectivity index (χ2v) is 9.38. The van der Waals surface area contributed by atoms with Crippen LogP contribution in [0.3, 0.4) is 0 Å². The van der Waals surface area contributed by atoms with Gasteiger partial charge in [0.2, 0.25) is 5.91 Å². The summed E-state index contributed by atoms with van der Waals surface area (Å²) in [5.74, 6) is 0.0377. The average molecular weight is 452 g/mol. The number of fused-ring (bicyclic) bond motifs is 2. The molecule has 0 N–H and O–H groups in total. The molecule has 6 nitrogen and oxygen atoms in total. The van der Waals surface area contributed by atoms with E-state index in [4.69, 9.17) is 9.72 Å². The van der Waals surface area contributed by atoms with Crippen LogP contribution >= 0.6 is 11.8 Å². The molecule has 2 unspecified atom stereocenters. The summed E-state index contributed by atoms with van der Waals surface area (Å²) in [7, 11) is 0. The van der Waals surface area contributed by atoms with Gasteiger partial charge in [-0.05, 0) is 57.4 Å². The average Bonchev–Trinajstić information content (AvgIpc) is 3.13. The number of benzene rings is 2. The number of hydrogen-bond donors (Lipinski definition) is 0. The number of anilines is 1. The summed E-state index contributed by atoms with van der Waals surface area (Å²) in [6.45, 7) is 7.66. The van der Waals surface area contributed by atoms with Gasteiger partial charge in [-0.1, -0.05) is 42.1 Å². The quantitative estimate of drug-likeness (QED) is 0.291. The third kappa shape index (κ3) is 4.45. The highest BCUT2D eigenvalue weighted by Crippen LogP contribution is 2.34. The van der Waals surface area contributed by atoms with Gasteiger partial charge in [0.1, 0.15) is 0 Å². The first kappa shape index (κ1) is 22.6. The maximum Gasteiger partial charge on any atom is 0.262 e. The number of carbonyl (C=O) groups is 1. The number of rotatable bonds is 8. The van der Waals surface area contributed by atoms with E-state index in [2.05, 4.69) is 13.0 Å². The van der Waals surface area contributed by atoms with E-state index < -0.39 is 0 Å². The Hall–Kier alpha value is -2.64. The molecule has 1 aliphatic rings. The first-order valence-corrected chi connectivity index (χ1v) is 12.0. The molecule has 0 saturated carbocycles. The normalized spacial score (nSPS) is 16.3. The van der Waals surface area contributed by atoms with E-state index in [1.54, 1.807) is 10.6 Å². The monoisotopic (exact) mass is 451 g/mol. The van der Waals surface area contributed by atoms with Gasteiger partial charge in [0.25, 0.3) is 5.56 Å². The maximum atomic E-state index is 13.5. The summed E-state index contributed by atoms with van der Waals surface area (Å²) in [5, 5.41) is 0.787. The van der Waals surface area contributed by atoms with Gasteiger partial charge in [-0.25, -0.2) is 4.98 Å². The molecule has 1 aromatic heterocycles. The van der Waals surface area contributed by atoms with Crippen LogP contribution in [0.4, 0.5) is 5.69 Å². The minimum atomic E-state index is -0.380. The molecule has 2 aromatic carbocycles. The van der Waals surface area contributed by atoms with E-state index in [1.807, 2.05) is 55.1 Å². The Morgan fingerprint density at radius 3 is 2.78 bits per heavy atom. The fourth-order valence-corrected chi connectivity index (χ4v) is 5.19. The van der Waals surface area contributed by atoms with Crippen LogP contribution in [-0.4, -0.2) is 40.0 Å². The fraction of sp³-hybridized carbons (Fsp3) is 0.400. The Kier molecular flexibility index (Phi) is 6.96. The summed E-state index contributed by atoms with van der Waals surface area (Å²) >= 11 is 1.35. The number of ether oxygens (including phenoxy) is 1. The summed E-state index contributed by atoms with van der Waals surface area (Å²) in [4.78, 5) is 33.3. The van der Waals surface area contributed by atoms with Crippen LogP contribution in [0.15, 0.2) is 58.5 Å². The zero-order chi connectivity index (χ0) is 22.7. The van der Waals surface area contributed by atoms with Crippen molar-refractivity contribution < 1.29 is 9.53 Å². The van der Waals surface area contributed by atoms with Crippen molar-refractivity contribution in [3.05, 3.63) is 64.4 Å². The highest BCUT2D eigenvalue weighted by molar-refractivity contribution is 8.00. The van der Waals surface area contributed by atoms with E-state index in [9.17, 15) is 9.59 Å². The van der Waals surface area contributed by atoms with Crippen LogP contribution in [0.2, 0.25) is 0 Å². The molecule has 0 radical (unpaired) electrons. The molecule has 1 aliphatic heterocycles. The topological polar surface area (TPSA) is 64.4 Å². The lowest BCUT2D eigenvalue weighted by molar-refractivity contribution is -0.118. The Morgan fingerprint density at radius 1 is 1.22 bits per heavy atom. The highest BCUT2D eigenvalue weighted by atomic mass is 32.2. The molecule has 2 atom stereocenters. The molecule has 0 aliphatic carbocycles. The van der Waals surface area contributed by atoms with Crippen LogP contribution in [-0.2, 0) is 22.5 Å². The number of para-hydroxylation sites is 2. The smallest absolute Gasteiger partial charge is 0.262 e. The van der Waals surface area contributed by atoms with Gasteiger partial charge in [0.05, 0.1) is 16.2 Å². The highest BCUT2D eigenvalue weighted by Gasteiger charge is 2.34. The first-order valence-electron chi connectivity index (χ1n) is 11.2. The van der Waals surface area contributed by atoms with E-state index in [0.717, 1.165) is 12.1 Å². The fourth-order valence-electron chi connectivity index (χ4n) is 4.21. The Morgan fingerprint density at radius 2 is 1.97 bits per heavy atom. The predicted molar refractivity (Wildman–Crippen MR) is 130 cm³/mol. The van der Waals surface area contributed by atoms with E-state index in [1.165, 1.54) is 17.3 Å². The Bertz CT molecular complexity index is 1180. The van der Waals surface area contributed by atoms with Crippen LogP contribution in [0.1, 0.15) is 32.8 Å². The summed E-state index contributed by atoms with van der Waals surface area (Å²) in [5.41, 5.74) is 2.76. The van der Waals surface area contributed by atoms with Gasteiger partial charge in [-0.15, -0.1) is 0 Å². The van der Waals surface area contributed by atoms with Gasteiger partial charge in [0.15, 0.2) is 5.16 Å². The molecule has 32 heavy (non-hydrogen) atoms. The third-order valence-corrected chi connectivity index (χ3v) is 6.85. The Balaban J connectivity index is 1.62. The van der Waals surface area contributed by atoms with Crippen molar-refractivity contribution in [2.24, 2.45) is 0 Å². The molecule has 4 rings (SSSR count). The van der Waals surface area contributed by atoms with Crippen LogP contribution in [0.25, 0.3) is 10.9 Å². The molecule has 2 heterocycles. The molecule has 3 aromatic rings. The van der Waals surface area contributed by atoms with Crippen molar-refractivity contribution in [2.45, 2.75) is 56.6 Å². The lowest BCUT2D eigenvalue weighted by Crippen LogP contribution is -2.40. The van der Waals surface area contributed by atoms with E-state index >= 15 is 0 Å². The molecule has 1 amide bonds. The van der Waals surface area contributed by atoms with Crippen molar-refractivity contribution in [2.75, 3.05) is 18.1 Å². The zero-order valence-electron chi connectivity index (χ0n) is 18.8. The van der Waals surface area contributed by atoms with Crippen molar-refractivity contribution in [3.8, 4) is 0 Å². The second kappa shape index (κ2) is 9.88. The molecule has 168 valence electrons. The minimum absolute atomic E-state index is 0.0377. The molecule has 0 bridgehead atoms. The van der Waals surface area contributed by atoms with Gasteiger partial charge < -0.3 is 9.64 Å². The SMILES string of the molecule is CCOCCCn1c(SC(C)C(=O)N2c3ccccc3CC2C)nc2ccccc2c1=O. The first-order chi connectivity index (χ1) is 15.5. The summed E-state index contributed by atoms with van der Waals surface area (Å²) < 4.78 is 7.14. The van der Waals surface area contributed by atoms with Crippen molar-refractivity contribution in [1.82, 2.24) is 9.55 Å². The number of amides is 1. The summed E-state index contributed by atoms with van der Waals surface area (Å²) in [6.07, 6.45) is 1.57. The molecular weight excluding hydrogens is 422 g/mol. The second-order valence-electron chi connectivity index (χ2n) is 8.07. The molecule has 0 spiro atoms. The number of nitrogens with zero attached hydrogens (tertiary/aromatic N) is 3. The molecule has 0 saturated heterocycles. The number of hydrogen-bond acceptors (Lipinski definition) is 5. The predicted octanol–water partition coefficient (Wildman–Crippen LogP) is 4.28. The minimum Gasteiger partial charge on any atom is -0.382 e. The van der Waals surface area contributed by atoms with Crippen LogP contribution in [0.5, 0.6) is 0 Å². The van der Waals surface area contributed by atoms with E-state index in [0.29, 0.717) is 42.2 Å². The van der Waals surface area contributed by atoms with E-state index in [-0.39, 0.29) is 22.8 Å². The van der Waals surface area contributed by atoms with Crippen molar-refractivity contribution >= 4 is 34.3 Å². The van der Waals surface area contributed by atoms with Gasteiger partial charge in [0, 0.05) is 31.5 Å². The lowest BCUT2D eigenvalue weighted by atomic mass is 10.1. The van der Waals surface area contributed by atoms with Gasteiger partial charge in [-0.3, -0.25) is 14.2 Å². The third-order valence-electron chi connectivity index (χ3n) is 5.78. The number of thioether (sulfide) groups is 1. The van der Waals surface area contributed by atoms with Gasteiger partial charge >= 0.3 is 0 Å². The summed E-state index contributed by atoms with van der Waals surface area (Å²) in [6, 6.07) is 15.5. The lowest BCUT2D eigenvalue weighted by Gasteiger charge is -2.26. The Labute approximate surface area is 192 Å². The number of carbonyl (C=O) groups excluding carboxylic acids is 1. The van der Waals surface area contributed by atoms with Crippen molar-refractivity contribution in [3.63, 3.8) is 0 Å².